The molecule has 0 spiro atoms. The van der Waals surface area contributed by atoms with E-state index in [0.29, 0.717) is 5.56 Å². The van der Waals surface area contributed by atoms with Crippen LogP contribution in [-0.2, 0) is 16.1 Å². The van der Waals surface area contributed by atoms with Crippen LogP contribution >= 0.6 is 0 Å². The van der Waals surface area contributed by atoms with E-state index in [4.69, 9.17) is 10.00 Å². The molecule has 2 aromatic rings. The van der Waals surface area contributed by atoms with Crippen molar-refractivity contribution < 1.29 is 9.53 Å². The highest BCUT2D eigenvalue weighted by Gasteiger charge is 2.43. The van der Waals surface area contributed by atoms with Gasteiger partial charge in [0.2, 0.25) is 0 Å². The fourth-order valence-corrected chi connectivity index (χ4v) is 3.73. The number of hydrogen-bond donors (Lipinski definition) is 0. The van der Waals surface area contributed by atoms with Gasteiger partial charge in [0.1, 0.15) is 6.61 Å². The van der Waals surface area contributed by atoms with Gasteiger partial charge in [-0.1, -0.05) is 30.3 Å². The number of nitrogens with zero attached hydrogens (tertiary/aromatic N) is 3. The summed E-state index contributed by atoms with van der Waals surface area (Å²) in [6, 6.07) is 19.7. The highest BCUT2D eigenvalue weighted by molar-refractivity contribution is 5.95. The van der Waals surface area contributed by atoms with Gasteiger partial charge in [-0.3, -0.25) is 9.69 Å². The molecule has 0 aromatic heterocycles. The summed E-state index contributed by atoms with van der Waals surface area (Å²) >= 11 is 0. The van der Waals surface area contributed by atoms with Crippen molar-refractivity contribution in [2.75, 3.05) is 24.6 Å². The van der Waals surface area contributed by atoms with Crippen molar-refractivity contribution in [2.24, 2.45) is 0 Å². The van der Waals surface area contributed by atoms with Crippen molar-refractivity contribution >= 4 is 11.6 Å². The molecule has 5 nitrogen and oxygen atoms in total. The van der Waals surface area contributed by atoms with E-state index >= 15 is 0 Å². The molecule has 0 saturated carbocycles. The maximum Gasteiger partial charge on any atom is 0.253 e. The largest absolute Gasteiger partial charge is 0.365 e. The summed E-state index contributed by atoms with van der Waals surface area (Å²) in [6.07, 6.45) is 0.0251. The Balaban J connectivity index is 1.53. The molecule has 2 fully saturated rings. The quantitative estimate of drug-likeness (QED) is 0.864. The van der Waals surface area contributed by atoms with Gasteiger partial charge in [-0.15, -0.1) is 0 Å². The summed E-state index contributed by atoms with van der Waals surface area (Å²) in [5.41, 5.74) is 2.71. The second-order valence-corrected chi connectivity index (χ2v) is 6.52. The lowest BCUT2D eigenvalue weighted by molar-refractivity contribution is -0.130. The number of rotatable bonds is 3. The molecule has 2 aliphatic heterocycles. The number of likely N-dealkylation sites (tertiary alicyclic amines) is 1. The van der Waals surface area contributed by atoms with Crippen molar-refractivity contribution in [3.63, 3.8) is 0 Å². The van der Waals surface area contributed by atoms with E-state index in [1.54, 1.807) is 0 Å². The number of ether oxygens (including phenoxy) is 1. The number of amides is 1. The second-order valence-electron chi connectivity index (χ2n) is 6.52. The Morgan fingerprint density at radius 1 is 1.12 bits per heavy atom. The molecule has 2 saturated heterocycles. The molecule has 126 valence electrons. The Morgan fingerprint density at radius 2 is 1.96 bits per heavy atom. The monoisotopic (exact) mass is 333 g/mol. The molecule has 0 bridgehead atoms. The number of morpholine rings is 1. The first kappa shape index (κ1) is 15.8. The van der Waals surface area contributed by atoms with Gasteiger partial charge in [0.05, 0.1) is 23.8 Å². The van der Waals surface area contributed by atoms with E-state index in [2.05, 4.69) is 11.0 Å². The first-order chi connectivity index (χ1) is 12.2. The number of fused-ring (bicyclic) bond motifs is 1. The lowest BCUT2D eigenvalue weighted by Gasteiger charge is -2.36. The van der Waals surface area contributed by atoms with Gasteiger partial charge in [0.15, 0.2) is 0 Å². The van der Waals surface area contributed by atoms with Crippen LogP contribution in [0.15, 0.2) is 54.6 Å². The molecule has 4 rings (SSSR count). The van der Waals surface area contributed by atoms with Gasteiger partial charge in [-0.2, -0.15) is 5.26 Å². The summed E-state index contributed by atoms with van der Waals surface area (Å²) in [7, 11) is 0. The van der Waals surface area contributed by atoms with E-state index < -0.39 is 0 Å². The van der Waals surface area contributed by atoms with Gasteiger partial charge in [-0.25, -0.2) is 0 Å². The zero-order chi connectivity index (χ0) is 17.2. The van der Waals surface area contributed by atoms with Crippen molar-refractivity contribution in [1.82, 2.24) is 4.90 Å². The SMILES string of the molecule is N#Cc1cccc(CN2CC3OCC(=O)N(c4ccccc4)C3C2)c1. The number of carbonyl (C=O) groups excluding carboxylic acids is 1. The van der Waals surface area contributed by atoms with E-state index in [1.165, 1.54) is 0 Å². The van der Waals surface area contributed by atoms with Gasteiger partial charge >= 0.3 is 0 Å². The maximum absolute atomic E-state index is 12.4. The summed E-state index contributed by atoms with van der Waals surface area (Å²) in [5.74, 6) is 0.0146. The van der Waals surface area contributed by atoms with Gasteiger partial charge in [0, 0.05) is 25.3 Å². The van der Waals surface area contributed by atoms with Crippen molar-refractivity contribution in [3.8, 4) is 6.07 Å². The summed E-state index contributed by atoms with van der Waals surface area (Å²) in [4.78, 5) is 16.6. The Hall–Kier alpha value is -2.68. The van der Waals surface area contributed by atoms with E-state index in [-0.39, 0.29) is 24.7 Å². The van der Waals surface area contributed by atoms with Crippen molar-refractivity contribution in [3.05, 3.63) is 65.7 Å². The Morgan fingerprint density at radius 3 is 2.76 bits per heavy atom. The van der Waals surface area contributed by atoms with Crippen molar-refractivity contribution in [1.29, 1.82) is 5.26 Å². The molecule has 2 heterocycles. The van der Waals surface area contributed by atoms with Crippen LogP contribution in [0.1, 0.15) is 11.1 Å². The first-order valence-corrected chi connectivity index (χ1v) is 8.45. The van der Waals surface area contributed by atoms with E-state index in [1.807, 2.05) is 59.5 Å². The Labute approximate surface area is 147 Å². The summed E-state index contributed by atoms with van der Waals surface area (Å²) < 4.78 is 5.79. The van der Waals surface area contributed by atoms with Crippen LogP contribution in [0, 0.1) is 11.3 Å². The van der Waals surface area contributed by atoms with Gasteiger partial charge < -0.3 is 9.64 Å². The van der Waals surface area contributed by atoms with Crippen LogP contribution < -0.4 is 4.90 Å². The van der Waals surface area contributed by atoms with Gasteiger partial charge in [-0.05, 0) is 29.8 Å². The lowest BCUT2D eigenvalue weighted by Crippen LogP contribution is -2.54. The molecule has 25 heavy (non-hydrogen) atoms. The topological polar surface area (TPSA) is 56.6 Å². The number of benzene rings is 2. The molecule has 0 N–H and O–H groups in total. The predicted octanol–water partition coefficient (Wildman–Crippen LogP) is 2.17. The summed E-state index contributed by atoms with van der Waals surface area (Å²) in [6.45, 7) is 2.44. The zero-order valence-corrected chi connectivity index (χ0v) is 13.8. The minimum atomic E-state index is 0.0146. The fourth-order valence-electron chi connectivity index (χ4n) is 3.73. The van der Waals surface area contributed by atoms with Crippen molar-refractivity contribution in [2.45, 2.75) is 18.7 Å². The van der Waals surface area contributed by atoms with E-state index in [0.717, 1.165) is 30.9 Å². The molecule has 2 aliphatic rings. The van der Waals surface area contributed by atoms with Crippen LogP contribution in [0.5, 0.6) is 0 Å². The third-order valence-corrected chi connectivity index (χ3v) is 4.83. The average molecular weight is 333 g/mol. The second kappa shape index (κ2) is 6.67. The Kier molecular flexibility index (Phi) is 4.22. The molecule has 1 amide bonds. The molecule has 2 aromatic carbocycles. The molecule has 2 atom stereocenters. The smallest absolute Gasteiger partial charge is 0.253 e. The third kappa shape index (κ3) is 3.14. The van der Waals surface area contributed by atoms with Crippen LogP contribution in [0.2, 0.25) is 0 Å². The zero-order valence-electron chi connectivity index (χ0n) is 13.8. The molecule has 5 heteroatoms. The Bertz CT molecular complexity index is 815. The van der Waals surface area contributed by atoms with E-state index in [9.17, 15) is 4.79 Å². The first-order valence-electron chi connectivity index (χ1n) is 8.45. The number of para-hydroxylation sites is 1. The highest BCUT2D eigenvalue weighted by Crippen LogP contribution is 2.29. The van der Waals surface area contributed by atoms with Crippen LogP contribution in [0.25, 0.3) is 0 Å². The predicted molar refractivity (Wildman–Crippen MR) is 93.9 cm³/mol. The molecule has 2 unspecified atom stereocenters. The van der Waals surface area contributed by atoms with Crippen LogP contribution in [0.4, 0.5) is 5.69 Å². The van der Waals surface area contributed by atoms with Crippen LogP contribution in [0.3, 0.4) is 0 Å². The normalized spacial score (nSPS) is 23.3. The summed E-state index contributed by atoms with van der Waals surface area (Å²) in [5, 5.41) is 9.05. The average Bonchev–Trinajstić information content (AvgIpc) is 3.04. The number of anilines is 1. The van der Waals surface area contributed by atoms with Gasteiger partial charge in [0.25, 0.3) is 5.91 Å². The molecule has 0 aliphatic carbocycles. The molecule has 0 radical (unpaired) electrons. The fraction of sp³-hybridized carbons (Fsp3) is 0.300. The number of nitriles is 1. The number of hydrogen-bond acceptors (Lipinski definition) is 4. The molecular weight excluding hydrogens is 314 g/mol. The minimum Gasteiger partial charge on any atom is -0.365 e. The molecular formula is C20H19N3O2. The maximum atomic E-state index is 12.4. The highest BCUT2D eigenvalue weighted by atomic mass is 16.5. The third-order valence-electron chi connectivity index (χ3n) is 4.83. The lowest BCUT2D eigenvalue weighted by atomic mass is 10.1. The van der Waals surface area contributed by atoms with Crippen LogP contribution in [-0.4, -0.2) is 42.6 Å². The number of carbonyl (C=O) groups is 1. The minimum absolute atomic E-state index is 0.0146. The standard InChI is InChI=1S/C20H19N3O2/c21-10-15-5-4-6-16(9-15)11-22-12-18-19(13-22)25-14-20(24)23(18)17-7-2-1-3-8-17/h1-9,18-19H,11-14H2.